The Morgan fingerprint density at radius 3 is 2.69 bits per heavy atom. The fraction of sp³-hybridized carbons (Fsp3) is 0.583. The minimum absolute atomic E-state index is 0.0897. The van der Waals surface area contributed by atoms with Crippen LogP contribution >= 0.6 is 0 Å². The first-order valence-electron chi connectivity index (χ1n) is 5.56. The van der Waals surface area contributed by atoms with Gasteiger partial charge in [-0.05, 0) is 26.7 Å². The first-order chi connectivity index (χ1) is 7.69. The number of methoxy groups -OCH3 is 1. The van der Waals surface area contributed by atoms with Crippen LogP contribution in [0.1, 0.15) is 26.7 Å². The van der Waals surface area contributed by atoms with Crippen molar-refractivity contribution in [2.24, 2.45) is 0 Å². The summed E-state index contributed by atoms with van der Waals surface area (Å²) in [7, 11) is 1.58. The van der Waals surface area contributed by atoms with E-state index in [4.69, 9.17) is 14.2 Å². The van der Waals surface area contributed by atoms with Gasteiger partial charge in [0.25, 0.3) is 5.88 Å². The van der Waals surface area contributed by atoms with Crippen LogP contribution < -0.4 is 14.2 Å². The third-order valence-electron chi connectivity index (χ3n) is 2.18. The van der Waals surface area contributed by atoms with E-state index in [1.807, 2.05) is 19.9 Å². The van der Waals surface area contributed by atoms with Crippen molar-refractivity contribution in [3.63, 3.8) is 0 Å². The minimum Gasteiger partial charge on any atom is -0.489 e. The Bertz CT molecular complexity index is 361. The molecule has 0 N–H and O–H groups in total. The summed E-state index contributed by atoms with van der Waals surface area (Å²) in [5.74, 6) is 1.88. The maximum atomic E-state index is 5.65. The van der Waals surface area contributed by atoms with Crippen molar-refractivity contribution < 1.29 is 14.2 Å². The summed E-state index contributed by atoms with van der Waals surface area (Å²) in [5, 5.41) is 0. The van der Waals surface area contributed by atoms with Crippen LogP contribution in [0.2, 0.25) is 0 Å². The first kappa shape index (κ1) is 11.0. The van der Waals surface area contributed by atoms with Crippen molar-refractivity contribution >= 4 is 0 Å². The van der Waals surface area contributed by atoms with Gasteiger partial charge in [-0.1, -0.05) is 0 Å². The molecule has 1 fully saturated rings. The summed E-state index contributed by atoms with van der Waals surface area (Å²) in [5.41, 5.74) is 0. The smallest absolute Gasteiger partial charge is 0.256 e. The number of aromatic nitrogens is 1. The normalized spacial score (nSPS) is 15.0. The quantitative estimate of drug-likeness (QED) is 0.768. The third kappa shape index (κ3) is 2.78. The van der Waals surface area contributed by atoms with Gasteiger partial charge in [-0.2, -0.15) is 0 Å². The second-order valence-corrected chi connectivity index (χ2v) is 4.16. The standard InChI is InChI=1S/C12H17NO3/c1-8(2)15-11-6-10(16-9-4-5-9)7-13-12(11)14-3/h6-9H,4-5H2,1-3H3. The zero-order valence-corrected chi connectivity index (χ0v) is 9.90. The van der Waals surface area contributed by atoms with Crippen molar-refractivity contribution in [1.82, 2.24) is 4.98 Å². The molecule has 0 aromatic carbocycles. The zero-order chi connectivity index (χ0) is 11.5. The van der Waals surface area contributed by atoms with Crippen molar-refractivity contribution in [3.8, 4) is 17.4 Å². The number of nitrogens with zero attached hydrogens (tertiary/aromatic N) is 1. The van der Waals surface area contributed by atoms with E-state index in [1.165, 1.54) is 0 Å². The van der Waals surface area contributed by atoms with E-state index in [1.54, 1.807) is 13.3 Å². The predicted molar refractivity (Wildman–Crippen MR) is 60.2 cm³/mol. The average Bonchev–Trinajstić information content (AvgIpc) is 3.01. The lowest BCUT2D eigenvalue weighted by Gasteiger charge is -2.13. The molecule has 1 aromatic heterocycles. The maximum absolute atomic E-state index is 5.65. The largest absolute Gasteiger partial charge is 0.489 e. The van der Waals surface area contributed by atoms with Crippen LogP contribution in [0.15, 0.2) is 12.3 Å². The fourth-order valence-electron chi connectivity index (χ4n) is 1.35. The van der Waals surface area contributed by atoms with Gasteiger partial charge in [-0.15, -0.1) is 0 Å². The maximum Gasteiger partial charge on any atom is 0.256 e. The molecule has 0 aliphatic heterocycles. The Morgan fingerprint density at radius 2 is 2.12 bits per heavy atom. The average molecular weight is 223 g/mol. The van der Waals surface area contributed by atoms with Gasteiger partial charge in [0, 0.05) is 6.07 Å². The van der Waals surface area contributed by atoms with Crippen LogP contribution in [0, 0.1) is 0 Å². The molecule has 88 valence electrons. The topological polar surface area (TPSA) is 40.6 Å². The van der Waals surface area contributed by atoms with E-state index < -0.39 is 0 Å². The zero-order valence-electron chi connectivity index (χ0n) is 9.90. The minimum atomic E-state index is 0.0897. The molecule has 0 unspecified atom stereocenters. The molecule has 16 heavy (non-hydrogen) atoms. The first-order valence-corrected chi connectivity index (χ1v) is 5.56. The molecule has 0 saturated heterocycles. The molecule has 0 amide bonds. The van der Waals surface area contributed by atoms with Crippen LogP contribution in [0.25, 0.3) is 0 Å². The van der Waals surface area contributed by atoms with Gasteiger partial charge < -0.3 is 14.2 Å². The molecule has 1 aliphatic rings. The molecule has 1 saturated carbocycles. The molecule has 1 heterocycles. The molecule has 0 atom stereocenters. The Kier molecular flexibility index (Phi) is 3.17. The highest BCUT2D eigenvalue weighted by molar-refractivity contribution is 5.39. The van der Waals surface area contributed by atoms with Crippen LogP contribution in [0.4, 0.5) is 0 Å². The second-order valence-electron chi connectivity index (χ2n) is 4.16. The summed E-state index contributed by atoms with van der Waals surface area (Å²) in [6, 6.07) is 1.84. The van der Waals surface area contributed by atoms with Crippen LogP contribution in [0.5, 0.6) is 17.4 Å². The van der Waals surface area contributed by atoms with Gasteiger partial charge in [0.2, 0.25) is 0 Å². The van der Waals surface area contributed by atoms with Gasteiger partial charge in [-0.25, -0.2) is 4.98 Å². The van der Waals surface area contributed by atoms with Gasteiger partial charge in [0.1, 0.15) is 5.75 Å². The number of rotatable bonds is 5. The van der Waals surface area contributed by atoms with E-state index in [0.29, 0.717) is 17.7 Å². The van der Waals surface area contributed by atoms with Crippen LogP contribution in [-0.2, 0) is 0 Å². The van der Waals surface area contributed by atoms with E-state index in [2.05, 4.69) is 4.98 Å². The van der Waals surface area contributed by atoms with Gasteiger partial charge in [-0.3, -0.25) is 0 Å². The summed E-state index contributed by atoms with van der Waals surface area (Å²) in [6.45, 7) is 3.93. The fourth-order valence-corrected chi connectivity index (χ4v) is 1.35. The number of pyridine rings is 1. The Hall–Kier alpha value is -1.45. The number of hydrogen-bond acceptors (Lipinski definition) is 4. The molecule has 1 aromatic rings. The van der Waals surface area contributed by atoms with Gasteiger partial charge >= 0.3 is 0 Å². The lowest BCUT2D eigenvalue weighted by Crippen LogP contribution is -2.08. The summed E-state index contributed by atoms with van der Waals surface area (Å²) >= 11 is 0. The predicted octanol–water partition coefficient (Wildman–Crippen LogP) is 2.42. The third-order valence-corrected chi connectivity index (χ3v) is 2.18. The molecule has 0 bridgehead atoms. The van der Waals surface area contributed by atoms with Crippen molar-refractivity contribution in [3.05, 3.63) is 12.3 Å². The van der Waals surface area contributed by atoms with Crippen molar-refractivity contribution in [1.29, 1.82) is 0 Å². The van der Waals surface area contributed by atoms with Crippen LogP contribution in [0.3, 0.4) is 0 Å². The number of hydrogen-bond donors (Lipinski definition) is 0. The molecule has 4 heteroatoms. The summed E-state index contributed by atoms with van der Waals surface area (Å²) in [4.78, 5) is 4.16. The molecular weight excluding hydrogens is 206 g/mol. The molecule has 1 aliphatic carbocycles. The Balaban J connectivity index is 2.15. The molecule has 0 spiro atoms. The van der Waals surface area contributed by atoms with Crippen molar-refractivity contribution in [2.75, 3.05) is 7.11 Å². The second kappa shape index (κ2) is 4.60. The lowest BCUT2D eigenvalue weighted by atomic mass is 10.4. The summed E-state index contributed by atoms with van der Waals surface area (Å²) in [6.07, 6.45) is 4.39. The lowest BCUT2D eigenvalue weighted by molar-refractivity contribution is 0.223. The summed E-state index contributed by atoms with van der Waals surface area (Å²) < 4.78 is 16.4. The number of ether oxygens (including phenoxy) is 3. The van der Waals surface area contributed by atoms with Gasteiger partial charge in [0.05, 0.1) is 25.5 Å². The SMILES string of the molecule is COc1ncc(OC2CC2)cc1OC(C)C. The van der Waals surface area contributed by atoms with E-state index >= 15 is 0 Å². The highest BCUT2D eigenvalue weighted by Gasteiger charge is 2.24. The Labute approximate surface area is 95.5 Å². The molecule has 4 nitrogen and oxygen atoms in total. The molecule has 0 radical (unpaired) electrons. The highest BCUT2D eigenvalue weighted by atomic mass is 16.5. The van der Waals surface area contributed by atoms with Gasteiger partial charge in [0.15, 0.2) is 5.75 Å². The van der Waals surface area contributed by atoms with E-state index in [9.17, 15) is 0 Å². The Morgan fingerprint density at radius 1 is 1.38 bits per heavy atom. The van der Waals surface area contributed by atoms with E-state index in [-0.39, 0.29) is 6.10 Å². The molecular formula is C12H17NO3. The molecule has 2 rings (SSSR count). The van der Waals surface area contributed by atoms with Crippen molar-refractivity contribution in [2.45, 2.75) is 38.9 Å². The van der Waals surface area contributed by atoms with E-state index in [0.717, 1.165) is 18.6 Å². The highest BCUT2D eigenvalue weighted by Crippen LogP contribution is 2.32. The monoisotopic (exact) mass is 223 g/mol. The van der Waals surface area contributed by atoms with Crippen LogP contribution in [-0.4, -0.2) is 24.3 Å².